The van der Waals surface area contributed by atoms with E-state index in [1.54, 1.807) is 18.5 Å². The van der Waals surface area contributed by atoms with Gasteiger partial charge in [-0.25, -0.2) is 14.8 Å². The third kappa shape index (κ3) is 6.38. The topological polar surface area (TPSA) is 84.4 Å². The molecule has 0 saturated heterocycles. The number of nitrogens with zero attached hydrogens (tertiary/aromatic N) is 3. The summed E-state index contributed by atoms with van der Waals surface area (Å²) in [4.78, 5) is 35.1. The molecule has 1 unspecified atom stereocenters. The lowest BCUT2D eigenvalue weighted by molar-refractivity contribution is -0.145. The molecule has 164 valence electrons. The van der Waals surface area contributed by atoms with Crippen LogP contribution in [0.15, 0.2) is 48.8 Å². The number of methoxy groups -OCH3 is 1. The molecular weight excluding hydrogens is 392 g/mol. The van der Waals surface area contributed by atoms with Crippen molar-refractivity contribution in [2.45, 2.75) is 44.6 Å². The van der Waals surface area contributed by atoms with Crippen molar-refractivity contribution in [3.63, 3.8) is 0 Å². The Morgan fingerprint density at radius 3 is 2.48 bits per heavy atom. The molecule has 7 heteroatoms. The Bertz CT molecular complexity index is 877. The number of ether oxygens (including phenoxy) is 1. The van der Waals surface area contributed by atoms with E-state index >= 15 is 0 Å². The lowest BCUT2D eigenvalue weighted by Crippen LogP contribution is -2.44. The van der Waals surface area contributed by atoms with Crippen LogP contribution in [-0.2, 0) is 14.3 Å². The summed E-state index contributed by atoms with van der Waals surface area (Å²) in [6, 6.07) is 9.05. The summed E-state index contributed by atoms with van der Waals surface area (Å²) in [7, 11) is 3.26. The number of esters is 1. The number of anilines is 2. The SMILES string of the molecule is COC(=O)C(CC=Cc1ccc(N(C)c2ncccn2)cc1)NC(=O)C1CCCCC1. The summed E-state index contributed by atoms with van der Waals surface area (Å²) in [5.74, 6) is 0.163. The van der Waals surface area contributed by atoms with Gasteiger partial charge in [-0.2, -0.15) is 0 Å². The fraction of sp³-hybridized carbons (Fsp3) is 0.417. The zero-order valence-electron chi connectivity index (χ0n) is 18.2. The zero-order chi connectivity index (χ0) is 22.1. The largest absolute Gasteiger partial charge is 0.467 e. The molecule has 2 aromatic rings. The van der Waals surface area contributed by atoms with Gasteiger partial charge in [-0.1, -0.05) is 43.5 Å². The monoisotopic (exact) mass is 422 g/mol. The molecule has 31 heavy (non-hydrogen) atoms. The predicted octanol–water partition coefficient (Wildman–Crippen LogP) is 3.89. The van der Waals surface area contributed by atoms with E-state index in [0.29, 0.717) is 12.4 Å². The highest BCUT2D eigenvalue weighted by Crippen LogP contribution is 2.24. The average Bonchev–Trinajstić information content (AvgIpc) is 2.84. The summed E-state index contributed by atoms with van der Waals surface area (Å²) in [6.07, 6.45) is 12.7. The van der Waals surface area contributed by atoms with Crippen LogP contribution in [0.4, 0.5) is 11.6 Å². The Labute approximate surface area is 183 Å². The number of hydrogen-bond acceptors (Lipinski definition) is 6. The summed E-state index contributed by atoms with van der Waals surface area (Å²) < 4.78 is 4.88. The van der Waals surface area contributed by atoms with E-state index in [0.717, 1.165) is 36.9 Å². The maximum Gasteiger partial charge on any atom is 0.328 e. The van der Waals surface area contributed by atoms with Gasteiger partial charge >= 0.3 is 5.97 Å². The quantitative estimate of drug-likeness (QED) is 0.650. The molecule has 0 radical (unpaired) electrons. The van der Waals surface area contributed by atoms with Crippen molar-refractivity contribution in [1.29, 1.82) is 0 Å². The van der Waals surface area contributed by atoms with Crippen molar-refractivity contribution < 1.29 is 14.3 Å². The fourth-order valence-electron chi connectivity index (χ4n) is 3.74. The van der Waals surface area contributed by atoms with Crippen LogP contribution in [0.25, 0.3) is 6.08 Å². The van der Waals surface area contributed by atoms with E-state index in [1.165, 1.54) is 13.5 Å². The first kappa shape index (κ1) is 22.5. The highest BCUT2D eigenvalue weighted by atomic mass is 16.5. The van der Waals surface area contributed by atoms with Gasteiger partial charge in [-0.15, -0.1) is 0 Å². The number of aromatic nitrogens is 2. The van der Waals surface area contributed by atoms with Crippen LogP contribution in [0, 0.1) is 5.92 Å². The molecule has 3 rings (SSSR count). The van der Waals surface area contributed by atoms with E-state index in [1.807, 2.05) is 48.4 Å². The van der Waals surface area contributed by atoms with E-state index in [4.69, 9.17) is 4.74 Å². The molecule has 0 aliphatic heterocycles. The zero-order valence-corrected chi connectivity index (χ0v) is 18.2. The van der Waals surface area contributed by atoms with Crippen molar-refractivity contribution in [2.24, 2.45) is 5.92 Å². The summed E-state index contributed by atoms with van der Waals surface area (Å²) >= 11 is 0. The smallest absolute Gasteiger partial charge is 0.328 e. The second kappa shape index (κ2) is 11.2. The molecule has 1 amide bonds. The van der Waals surface area contributed by atoms with Crippen LogP contribution in [0.2, 0.25) is 0 Å². The summed E-state index contributed by atoms with van der Waals surface area (Å²) in [6.45, 7) is 0. The second-order valence-corrected chi connectivity index (χ2v) is 7.76. The average molecular weight is 423 g/mol. The molecule has 1 aliphatic carbocycles. The summed E-state index contributed by atoms with van der Waals surface area (Å²) in [5, 5.41) is 2.88. The fourth-order valence-corrected chi connectivity index (χ4v) is 3.74. The van der Waals surface area contributed by atoms with Gasteiger partial charge in [0, 0.05) is 31.0 Å². The van der Waals surface area contributed by atoms with Crippen molar-refractivity contribution in [3.8, 4) is 0 Å². The maximum absolute atomic E-state index is 12.5. The van der Waals surface area contributed by atoms with E-state index in [9.17, 15) is 9.59 Å². The molecular formula is C24H30N4O3. The van der Waals surface area contributed by atoms with Gasteiger partial charge in [0.05, 0.1) is 7.11 Å². The van der Waals surface area contributed by atoms with E-state index in [-0.39, 0.29) is 11.8 Å². The van der Waals surface area contributed by atoms with Gasteiger partial charge in [0.1, 0.15) is 6.04 Å². The standard InChI is InChI=1S/C24H30N4O3/c1-28(24-25-16-7-17-26-24)20-14-12-18(13-15-20)8-6-11-21(23(30)31-2)27-22(29)19-9-4-3-5-10-19/h6-8,12-17,19,21H,3-5,9-11H2,1-2H3,(H,27,29). The van der Waals surface area contributed by atoms with Gasteiger partial charge < -0.3 is 15.0 Å². The molecule has 1 saturated carbocycles. The Balaban J connectivity index is 1.58. The molecule has 1 N–H and O–H groups in total. The number of carbonyl (C=O) groups excluding carboxylic acids is 2. The number of rotatable bonds is 8. The minimum absolute atomic E-state index is 0.00279. The van der Waals surface area contributed by atoms with Gasteiger partial charge in [0.25, 0.3) is 0 Å². The van der Waals surface area contributed by atoms with E-state index in [2.05, 4.69) is 15.3 Å². The summed E-state index contributed by atoms with van der Waals surface area (Å²) in [5.41, 5.74) is 1.96. The van der Waals surface area contributed by atoms with Gasteiger partial charge in [-0.3, -0.25) is 4.79 Å². The molecule has 1 heterocycles. The first-order valence-electron chi connectivity index (χ1n) is 10.7. The molecule has 1 aromatic carbocycles. The highest BCUT2D eigenvalue weighted by Gasteiger charge is 2.26. The third-order valence-electron chi connectivity index (χ3n) is 5.59. The Hall–Kier alpha value is -3.22. The van der Waals surface area contributed by atoms with Crippen LogP contribution in [0.5, 0.6) is 0 Å². The van der Waals surface area contributed by atoms with Gasteiger partial charge in [-0.05, 0) is 43.0 Å². The second-order valence-electron chi connectivity index (χ2n) is 7.76. The molecule has 1 aromatic heterocycles. The van der Waals surface area contributed by atoms with Crippen molar-refractivity contribution in [2.75, 3.05) is 19.1 Å². The Morgan fingerprint density at radius 1 is 1.16 bits per heavy atom. The maximum atomic E-state index is 12.5. The number of nitrogens with one attached hydrogen (secondary N) is 1. The molecule has 0 spiro atoms. The highest BCUT2D eigenvalue weighted by molar-refractivity contribution is 5.86. The van der Waals surface area contributed by atoms with Crippen LogP contribution in [0.3, 0.4) is 0 Å². The molecule has 1 atom stereocenters. The number of hydrogen-bond donors (Lipinski definition) is 1. The minimum atomic E-state index is -0.670. The Kier molecular flexibility index (Phi) is 8.15. The first-order chi connectivity index (χ1) is 15.1. The van der Waals surface area contributed by atoms with Gasteiger partial charge in [0.15, 0.2) is 0 Å². The van der Waals surface area contributed by atoms with Gasteiger partial charge in [0.2, 0.25) is 11.9 Å². The van der Waals surface area contributed by atoms with Crippen molar-refractivity contribution >= 4 is 29.6 Å². The van der Waals surface area contributed by atoms with E-state index < -0.39 is 12.0 Å². The third-order valence-corrected chi connectivity index (χ3v) is 5.59. The normalized spacial score (nSPS) is 15.4. The van der Waals surface area contributed by atoms with Crippen LogP contribution in [-0.4, -0.2) is 42.0 Å². The molecule has 0 bridgehead atoms. The predicted molar refractivity (Wildman–Crippen MR) is 121 cm³/mol. The first-order valence-corrected chi connectivity index (χ1v) is 10.7. The Morgan fingerprint density at radius 2 is 1.84 bits per heavy atom. The van der Waals surface area contributed by atoms with Crippen LogP contribution < -0.4 is 10.2 Å². The molecule has 1 aliphatic rings. The molecule has 7 nitrogen and oxygen atoms in total. The lowest BCUT2D eigenvalue weighted by atomic mass is 9.88. The minimum Gasteiger partial charge on any atom is -0.467 e. The van der Waals surface area contributed by atoms with Crippen molar-refractivity contribution in [1.82, 2.24) is 15.3 Å². The van der Waals surface area contributed by atoms with Crippen LogP contribution in [0.1, 0.15) is 44.1 Å². The van der Waals surface area contributed by atoms with Crippen LogP contribution >= 0.6 is 0 Å². The molecule has 1 fully saturated rings. The number of amides is 1. The lowest BCUT2D eigenvalue weighted by Gasteiger charge is -2.23. The number of carbonyl (C=O) groups is 2. The number of benzene rings is 1. The van der Waals surface area contributed by atoms with Crippen molar-refractivity contribution in [3.05, 3.63) is 54.4 Å².